The van der Waals surface area contributed by atoms with Gasteiger partial charge in [-0.3, -0.25) is 4.98 Å². The molecule has 0 saturated heterocycles. The summed E-state index contributed by atoms with van der Waals surface area (Å²) in [5, 5.41) is 0. The lowest BCUT2D eigenvalue weighted by molar-refractivity contribution is 0.678. The molecule has 3 aromatic carbocycles. The van der Waals surface area contributed by atoms with Gasteiger partial charge >= 0.3 is 0 Å². The number of aryl methyl sites for hydroxylation is 2. The van der Waals surface area contributed by atoms with E-state index in [1.54, 1.807) is 0 Å². The molecule has 0 unspecified atom stereocenters. The molecule has 152 valence electrons. The first-order chi connectivity index (χ1) is 14.8. The smallest absolute Gasteiger partial charge is 0.0706 e. The molecule has 5 rings (SSSR count). The van der Waals surface area contributed by atoms with Gasteiger partial charge in [0.25, 0.3) is 0 Å². The summed E-state index contributed by atoms with van der Waals surface area (Å²) in [4.78, 5) is 7.39. The van der Waals surface area contributed by atoms with Crippen LogP contribution in [0, 0.1) is 6.92 Å². The predicted molar refractivity (Wildman–Crippen MR) is 129 cm³/mol. The van der Waals surface area contributed by atoms with Gasteiger partial charge in [-0.15, -0.1) is 0 Å². The number of hydrogen-bond acceptors (Lipinski definition) is 2. The van der Waals surface area contributed by atoms with E-state index < -0.39 is 0 Å². The summed E-state index contributed by atoms with van der Waals surface area (Å²) in [6, 6.07) is 35.8. The molecule has 2 heterocycles. The molecule has 0 bridgehead atoms. The maximum Gasteiger partial charge on any atom is 0.0706 e. The van der Waals surface area contributed by atoms with Crippen LogP contribution in [-0.2, 0) is 13.0 Å². The molecule has 0 radical (unpaired) electrons. The third-order valence-electron chi connectivity index (χ3n) is 5.36. The van der Waals surface area contributed by atoms with E-state index in [0.29, 0.717) is 0 Å². The summed E-state index contributed by atoms with van der Waals surface area (Å²) < 4.78 is 0. The van der Waals surface area contributed by atoms with E-state index in [2.05, 4.69) is 90.7 Å². The highest BCUT2D eigenvalue weighted by molar-refractivity contribution is 5.64. The zero-order valence-corrected chi connectivity index (χ0v) is 17.5. The molecule has 0 spiro atoms. The van der Waals surface area contributed by atoms with Crippen LogP contribution in [0.5, 0.6) is 0 Å². The number of nitrogens with zero attached hydrogens (tertiary/aromatic N) is 2. The molecule has 2 heteroatoms. The maximum absolute atomic E-state index is 4.93. The third-order valence-corrected chi connectivity index (χ3v) is 5.36. The lowest BCUT2D eigenvalue weighted by Crippen LogP contribution is -2.29. The highest BCUT2D eigenvalue weighted by Gasteiger charge is 2.18. The Bertz CT molecular complexity index is 1050. The zero-order valence-electron chi connectivity index (χ0n) is 17.5. The van der Waals surface area contributed by atoms with Crippen LogP contribution in [0.4, 0.5) is 5.69 Å². The molecular formula is C28H30N2. The second-order valence-electron chi connectivity index (χ2n) is 7.69. The molecule has 1 aliphatic heterocycles. The van der Waals surface area contributed by atoms with Crippen LogP contribution < -0.4 is 4.90 Å². The lowest BCUT2D eigenvalue weighted by Gasteiger charge is -2.31. The lowest BCUT2D eigenvalue weighted by atomic mass is 10.0. The standard InChI is InChI=1S/C21H20N2.C7H8.H2/c1-3-8-17(9-4-1)16-23-15-7-12-20-21(23)14-13-19(22-20)18-10-5-2-6-11-18;1-7-5-3-2-4-6-7;/h1-6,8-11,13-14H,7,12,15-16H2;2-6H,1H3;1H. The molecule has 0 aliphatic carbocycles. The van der Waals surface area contributed by atoms with Gasteiger partial charge in [0, 0.05) is 20.1 Å². The van der Waals surface area contributed by atoms with Gasteiger partial charge in [0.2, 0.25) is 0 Å². The average Bonchev–Trinajstić information content (AvgIpc) is 2.81. The number of hydrogen-bond donors (Lipinski definition) is 0. The Morgan fingerprint density at radius 1 is 0.767 bits per heavy atom. The minimum atomic E-state index is 0. The van der Waals surface area contributed by atoms with E-state index in [9.17, 15) is 0 Å². The van der Waals surface area contributed by atoms with Crippen LogP contribution in [0.25, 0.3) is 11.3 Å². The molecule has 0 amide bonds. The second kappa shape index (κ2) is 9.89. The number of benzene rings is 3. The summed E-state index contributed by atoms with van der Waals surface area (Å²) in [5.41, 5.74) is 7.46. The van der Waals surface area contributed by atoms with Crippen molar-refractivity contribution >= 4 is 5.69 Å². The number of rotatable bonds is 3. The quantitative estimate of drug-likeness (QED) is 0.374. The van der Waals surface area contributed by atoms with Crippen molar-refractivity contribution in [2.45, 2.75) is 26.3 Å². The molecule has 1 aromatic heterocycles. The number of anilines is 1. The molecule has 1 aliphatic rings. The van der Waals surface area contributed by atoms with Gasteiger partial charge in [0.05, 0.1) is 17.1 Å². The summed E-state index contributed by atoms with van der Waals surface area (Å²) in [5.74, 6) is 0. The third kappa shape index (κ3) is 5.15. The monoisotopic (exact) mass is 394 g/mol. The van der Waals surface area contributed by atoms with Crippen LogP contribution in [0.15, 0.2) is 103 Å². The van der Waals surface area contributed by atoms with Gasteiger partial charge in [-0.25, -0.2) is 0 Å². The molecule has 30 heavy (non-hydrogen) atoms. The van der Waals surface area contributed by atoms with Crippen molar-refractivity contribution in [1.82, 2.24) is 4.98 Å². The van der Waals surface area contributed by atoms with Crippen molar-refractivity contribution in [2.75, 3.05) is 11.4 Å². The van der Waals surface area contributed by atoms with Crippen LogP contribution in [0.3, 0.4) is 0 Å². The predicted octanol–water partition coefficient (Wildman–Crippen LogP) is 6.94. The number of fused-ring (bicyclic) bond motifs is 1. The van der Waals surface area contributed by atoms with Gasteiger partial charge in [-0.2, -0.15) is 0 Å². The van der Waals surface area contributed by atoms with Gasteiger partial charge < -0.3 is 4.90 Å². The molecule has 0 atom stereocenters. The zero-order chi connectivity index (χ0) is 20.6. The van der Waals surface area contributed by atoms with Gasteiger partial charge in [0.1, 0.15) is 0 Å². The summed E-state index contributed by atoms with van der Waals surface area (Å²) in [6.07, 6.45) is 2.24. The van der Waals surface area contributed by atoms with Gasteiger partial charge in [-0.05, 0) is 37.5 Å². The van der Waals surface area contributed by atoms with Crippen molar-refractivity contribution in [3.63, 3.8) is 0 Å². The minimum absolute atomic E-state index is 0. The minimum Gasteiger partial charge on any atom is -0.366 e. The number of aromatic nitrogens is 1. The highest BCUT2D eigenvalue weighted by Crippen LogP contribution is 2.29. The topological polar surface area (TPSA) is 16.1 Å². The first kappa shape index (κ1) is 19.9. The fraction of sp³-hybridized carbons (Fsp3) is 0.179. The summed E-state index contributed by atoms with van der Waals surface area (Å²) >= 11 is 0. The van der Waals surface area contributed by atoms with Crippen LogP contribution in [0.1, 0.15) is 24.7 Å². The van der Waals surface area contributed by atoms with Crippen molar-refractivity contribution in [2.24, 2.45) is 0 Å². The Morgan fingerprint density at radius 2 is 1.40 bits per heavy atom. The van der Waals surface area contributed by atoms with E-state index >= 15 is 0 Å². The molecule has 0 saturated carbocycles. The summed E-state index contributed by atoms with van der Waals surface area (Å²) in [6.45, 7) is 4.15. The van der Waals surface area contributed by atoms with Gasteiger partial charge in [-0.1, -0.05) is 96.6 Å². The molecule has 4 aromatic rings. The van der Waals surface area contributed by atoms with Crippen LogP contribution in [-0.4, -0.2) is 11.5 Å². The van der Waals surface area contributed by atoms with Gasteiger partial charge in [0.15, 0.2) is 0 Å². The van der Waals surface area contributed by atoms with E-state index in [0.717, 1.165) is 25.2 Å². The van der Waals surface area contributed by atoms with Crippen molar-refractivity contribution in [3.05, 3.63) is 120 Å². The Balaban J connectivity index is 0.000000292. The second-order valence-corrected chi connectivity index (χ2v) is 7.69. The highest BCUT2D eigenvalue weighted by atomic mass is 15.1. The van der Waals surface area contributed by atoms with E-state index in [1.807, 2.05) is 24.3 Å². The van der Waals surface area contributed by atoms with Crippen LogP contribution in [0.2, 0.25) is 0 Å². The molecule has 0 N–H and O–H groups in total. The van der Waals surface area contributed by atoms with Crippen molar-refractivity contribution in [3.8, 4) is 11.3 Å². The SMILES string of the molecule is Cc1ccccc1.[HH].c1ccc(CN2CCCc3nc(-c4ccccc4)ccc32)cc1. The Labute approximate surface area is 181 Å². The van der Waals surface area contributed by atoms with E-state index in [4.69, 9.17) is 4.98 Å². The molecular weight excluding hydrogens is 364 g/mol. The maximum atomic E-state index is 4.93. The van der Waals surface area contributed by atoms with Crippen molar-refractivity contribution in [1.29, 1.82) is 0 Å². The fourth-order valence-electron chi connectivity index (χ4n) is 3.80. The fourth-order valence-corrected chi connectivity index (χ4v) is 3.80. The van der Waals surface area contributed by atoms with E-state index in [-0.39, 0.29) is 1.43 Å². The average molecular weight is 395 g/mol. The Morgan fingerprint density at radius 3 is 2.03 bits per heavy atom. The normalized spacial score (nSPS) is 12.5. The number of pyridine rings is 1. The van der Waals surface area contributed by atoms with E-state index in [1.165, 1.54) is 34.5 Å². The first-order valence-corrected chi connectivity index (χ1v) is 10.7. The van der Waals surface area contributed by atoms with Crippen molar-refractivity contribution < 1.29 is 1.43 Å². The Hall–Kier alpha value is -3.39. The van der Waals surface area contributed by atoms with Crippen LogP contribution >= 0.6 is 0 Å². The largest absolute Gasteiger partial charge is 0.366 e. The molecule has 0 fully saturated rings. The Kier molecular flexibility index (Phi) is 6.56. The molecule has 2 nitrogen and oxygen atoms in total. The first-order valence-electron chi connectivity index (χ1n) is 10.7. The summed E-state index contributed by atoms with van der Waals surface area (Å²) in [7, 11) is 0.